The van der Waals surface area contributed by atoms with Crippen molar-refractivity contribution in [2.75, 3.05) is 12.0 Å². The number of carbonyl (C=O) groups excluding carboxylic acids is 2. The van der Waals surface area contributed by atoms with Crippen LogP contribution in [-0.4, -0.2) is 35.0 Å². The first-order valence-corrected chi connectivity index (χ1v) is 7.21. The van der Waals surface area contributed by atoms with E-state index in [-0.39, 0.29) is 23.9 Å². The summed E-state index contributed by atoms with van der Waals surface area (Å²) in [5.41, 5.74) is 0. The second kappa shape index (κ2) is 6.23. The number of nitrogens with zero attached hydrogens (tertiary/aromatic N) is 3. The molecule has 0 N–H and O–H groups in total. The van der Waals surface area contributed by atoms with E-state index in [0.717, 1.165) is 0 Å². The molecule has 0 aliphatic carbocycles. The number of ether oxygens (including phenoxy) is 2. The summed E-state index contributed by atoms with van der Waals surface area (Å²) in [5.74, 6) is -0.950. The lowest BCUT2D eigenvalue weighted by molar-refractivity contribution is -0.389. The molecule has 0 saturated carbocycles. The minimum atomic E-state index is -0.786. The molecule has 0 aromatic carbocycles. The Hall–Kier alpha value is -3.43. The first-order chi connectivity index (χ1) is 11.9. The zero-order valence-electron chi connectivity index (χ0n) is 13.3. The van der Waals surface area contributed by atoms with Gasteiger partial charge in [-0.05, 0) is 35.0 Å². The van der Waals surface area contributed by atoms with E-state index < -0.39 is 28.7 Å². The fourth-order valence-corrected chi connectivity index (χ4v) is 2.36. The molecule has 10 heteroatoms. The number of esters is 1. The third-order valence-corrected chi connectivity index (χ3v) is 3.55. The van der Waals surface area contributed by atoms with Crippen LogP contribution in [0.25, 0.3) is 0 Å². The molecule has 0 spiro atoms. The van der Waals surface area contributed by atoms with Crippen molar-refractivity contribution >= 4 is 23.5 Å². The number of fused-ring (bicyclic) bond motifs is 1. The van der Waals surface area contributed by atoms with Gasteiger partial charge in [-0.1, -0.05) is 0 Å². The largest absolute Gasteiger partial charge is 0.475 e. The van der Waals surface area contributed by atoms with Crippen LogP contribution in [0.3, 0.4) is 0 Å². The summed E-state index contributed by atoms with van der Waals surface area (Å²) in [5, 5.41) is 10.9. The first-order valence-electron chi connectivity index (χ1n) is 7.21. The third-order valence-electron chi connectivity index (χ3n) is 3.55. The molecule has 10 nitrogen and oxygen atoms in total. The van der Waals surface area contributed by atoms with Gasteiger partial charge in [0.1, 0.15) is 5.76 Å². The maximum absolute atomic E-state index is 12.4. The van der Waals surface area contributed by atoms with Gasteiger partial charge < -0.3 is 24.0 Å². The van der Waals surface area contributed by atoms with E-state index in [4.69, 9.17) is 9.15 Å². The predicted octanol–water partition coefficient (Wildman–Crippen LogP) is 1.68. The second-order valence-electron chi connectivity index (χ2n) is 5.19. The Labute approximate surface area is 141 Å². The molecule has 0 bridgehead atoms. The average molecular weight is 347 g/mol. The molecule has 1 unspecified atom stereocenters. The smallest absolute Gasteiger partial charge is 0.373 e. The van der Waals surface area contributed by atoms with Crippen LogP contribution in [0, 0.1) is 10.1 Å². The highest BCUT2D eigenvalue weighted by Crippen LogP contribution is 2.35. The van der Waals surface area contributed by atoms with E-state index in [2.05, 4.69) is 9.72 Å². The molecule has 3 rings (SSSR count). The van der Waals surface area contributed by atoms with Gasteiger partial charge >= 0.3 is 11.8 Å². The van der Waals surface area contributed by atoms with Crippen molar-refractivity contribution in [2.45, 2.75) is 19.6 Å². The van der Waals surface area contributed by atoms with Crippen molar-refractivity contribution in [1.82, 2.24) is 4.98 Å². The molecule has 0 fully saturated rings. The van der Waals surface area contributed by atoms with E-state index >= 15 is 0 Å². The first kappa shape index (κ1) is 16.4. The van der Waals surface area contributed by atoms with Gasteiger partial charge in [-0.2, -0.15) is 0 Å². The summed E-state index contributed by atoms with van der Waals surface area (Å²) in [6.45, 7) is 1.49. The van der Waals surface area contributed by atoms with Gasteiger partial charge in [0.15, 0.2) is 11.9 Å². The summed E-state index contributed by atoms with van der Waals surface area (Å²) in [6.07, 6.45) is -0.786. The van der Waals surface area contributed by atoms with Crippen LogP contribution in [0.2, 0.25) is 0 Å². The van der Waals surface area contributed by atoms with Crippen molar-refractivity contribution < 1.29 is 28.4 Å². The number of rotatable bonds is 4. The van der Waals surface area contributed by atoms with Crippen LogP contribution in [0.15, 0.2) is 28.7 Å². The highest BCUT2D eigenvalue weighted by atomic mass is 16.6. The number of nitro groups is 1. The van der Waals surface area contributed by atoms with E-state index in [1.807, 2.05) is 0 Å². The van der Waals surface area contributed by atoms with Gasteiger partial charge in [0.2, 0.25) is 5.76 Å². The molecule has 1 amide bonds. The third kappa shape index (κ3) is 3.01. The van der Waals surface area contributed by atoms with Gasteiger partial charge in [-0.15, -0.1) is 0 Å². The van der Waals surface area contributed by atoms with Crippen LogP contribution >= 0.6 is 0 Å². The van der Waals surface area contributed by atoms with Crippen molar-refractivity contribution in [3.63, 3.8) is 0 Å². The summed E-state index contributed by atoms with van der Waals surface area (Å²) in [4.78, 5) is 39.3. The number of aromatic nitrogens is 1. The SMILES string of the molecule is COC(=O)c1ccc(CN2C(=O)C(C)Oc3ccc([N+](=O)[O-])nc32)o1. The molecule has 3 heterocycles. The summed E-state index contributed by atoms with van der Waals surface area (Å²) in [7, 11) is 1.22. The Morgan fingerprint density at radius 1 is 1.40 bits per heavy atom. The van der Waals surface area contributed by atoms with Gasteiger partial charge in [-0.25, -0.2) is 4.79 Å². The highest BCUT2D eigenvalue weighted by Gasteiger charge is 2.37. The topological polar surface area (TPSA) is 125 Å². The summed E-state index contributed by atoms with van der Waals surface area (Å²) in [6, 6.07) is 5.51. The van der Waals surface area contributed by atoms with Crippen molar-refractivity contribution in [2.24, 2.45) is 0 Å². The number of anilines is 1. The lowest BCUT2D eigenvalue weighted by Crippen LogP contribution is -2.44. The molecular formula is C15H13N3O7. The normalized spacial score (nSPS) is 16.2. The Kier molecular flexibility index (Phi) is 4.09. The van der Waals surface area contributed by atoms with Crippen molar-refractivity contribution in [3.8, 4) is 5.75 Å². The van der Waals surface area contributed by atoms with Crippen LogP contribution in [0.5, 0.6) is 5.75 Å². The fraction of sp³-hybridized carbons (Fsp3) is 0.267. The molecule has 0 radical (unpaired) electrons. The number of hydrogen-bond donors (Lipinski definition) is 0. The fourth-order valence-electron chi connectivity index (χ4n) is 2.36. The molecule has 1 aliphatic heterocycles. The molecular weight excluding hydrogens is 334 g/mol. The number of furan rings is 1. The zero-order chi connectivity index (χ0) is 18.1. The Morgan fingerprint density at radius 2 is 2.16 bits per heavy atom. The standard InChI is InChI=1S/C15H13N3O7/c1-8-14(19)17(7-9-3-4-11(25-9)15(20)23-2)13-10(24-8)5-6-12(16-13)18(21)22/h3-6,8H,7H2,1-2H3. The lowest BCUT2D eigenvalue weighted by atomic mass is 10.2. The Balaban J connectivity index is 1.96. The molecule has 25 heavy (non-hydrogen) atoms. The number of amides is 1. The van der Waals surface area contributed by atoms with Crippen molar-refractivity contribution in [1.29, 1.82) is 0 Å². The molecule has 2 aromatic heterocycles. The second-order valence-corrected chi connectivity index (χ2v) is 5.19. The lowest BCUT2D eigenvalue weighted by Gasteiger charge is -2.28. The van der Waals surface area contributed by atoms with Gasteiger partial charge in [0.25, 0.3) is 11.7 Å². The minimum absolute atomic E-state index is 0.0153. The number of pyridine rings is 1. The van der Waals surface area contributed by atoms with Gasteiger partial charge in [0.05, 0.1) is 13.7 Å². The van der Waals surface area contributed by atoms with Crippen LogP contribution < -0.4 is 9.64 Å². The van der Waals surface area contributed by atoms with Crippen molar-refractivity contribution in [3.05, 3.63) is 45.9 Å². The molecule has 0 saturated heterocycles. The van der Waals surface area contributed by atoms with E-state index in [1.54, 1.807) is 6.92 Å². The quantitative estimate of drug-likeness (QED) is 0.465. The predicted molar refractivity (Wildman–Crippen MR) is 82.2 cm³/mol. The van der Waals surface area contributed by atoms with E-state index in [0.29, 0.717) is 5.76 Å². The Morgan fingerprint density at radius 3 is 2.84 bits per heavy atom. The maximum atomic E-state index is 12.4. The monoisotopic (exact) mass is 347 g/mol. The van der Waals surface area contributed by atoms with E-state index in [1.165, 1.54) is 36.3 Å². The average Bonchev–Trinajstić information content (AvgIpc) is 3.06. The number of methoxy groups -OCH3 is 1. The summed E-state index contributed by atoms with van der Waals surface area (Å²) >= 11 is 0. The van der Waals surface area contributed by atoms with Crippen LogP contribution in [0.1, 0.15) is 23.2 Å². The minimum Gasteiger partial charge on any atom is -0.475 e. The zero-order valence-corrected chi connectivity index (χ0v) is 13.3. The van der Waals surface area contributed by atoms with Crippen LogP contribution in [-0.2, 0) is 16.1 Å². The summed E-state index contributed by atoms with van der Waals surface area (Å²) < 4.78 is 15.3. The molecule has 1 aliphatic rings. The maximum Gasteiger partial charge on any atom is 0.373 e. The highest BCUT2D eigenvalue weighted by molar-refractivity contribution is 5.98. The molecule has 130 valence electrons. The van der Waals surface area contributed by atoms with Gasteiger partial charge in [-0.3, -0.25) is 9.69 Å². The number of carbonyl (C=O) groups is 2. The van der Waals surface area contributed by atoms with E-state index in [9.17, 15) is 19.7 Å². The van der Waals surface area contributed by atoms with Gasteiger partial charge in [0, 0.05) is 6.07 Å². The number of hydrogen-bond acceptors (Lipinski definition) is 8. The van der Waals surface area contributed by atoms with Crippen LogP contribution in [0.4, 0.5) is 11.6 Å². The molecule has 1 atom stereocenters. The Bertz CT molecular complexity index is 861. The molecule has 2 aromatic rings.